The van der Waals surface area contributed by atoms with Crippen LogP contribution in [-0.4, -0.2) is 34.0 Å². The standard InChI is InChI=1S/C19H23N3O3S/c23-19(20-11-10-16-12-21-22-13-16)17-8-4-5-9-18(17)26(24,25)14-15-6-2-1-3-7-15/h1-9,16,21-22H,10-14H2,(H,20,23). The lowest BCUT2D eigenvalue weighted by molar-refractivity contribution is 0.0948. The van der Waals surface area contributed by atoms with E-state index in [1.54, 1.807) is 42.5 Å². The fourth-order valence-corrected chi connectivity index (χ4v) is 4.56. The smallest absolute Gasteiger partial charge is 0.252 e. The normalized spacial score (nSPS) is 15.1. The monoisotopic (exact) mass is 373 g/mol. The van der Waals surface area contributed by atoms with Gasteiger partial charge in [0.2, 0.25) is 0 Å². The number of benzene rings is 2. The van der Waals surface area contributed by atoms with Gasteiger partial charge in [0.25, 0.3) is 5.91 Å². The first-order chi connectivity index (χ1) is 12.6. The SMILES string of the molecule is O=C(NCCC1CNNC1)c1ccccc1S(=O)(=O)Cc1ccccc1. The van der Waals surface area contributed by atoms with Crippen molar-refractivity contribution in [1.29, 1.82) is 0 Å². The summed E-state index contributed by atoms with van der Waals surface area (Å²) < 4.78 is 25.6. The molecule has 26 heavy (non-hydrogen) atoms. The summed E-state index contributed by atoms with van der Waals surface area (Å²) >= 11 is 0. The number of nitrogens with one attached hydrogen (secondary N) is 3. The van der Waals surface area contributed by atoms with Gasteiger partial charge in [-0.05, 0) is 30.0 Å². The summed E-state index contributed by atoms with van der Waals surface area (Å²) in [6.45, 7) is 2.26. The van der Waals surface area contributed by atoms with E-state index in [2.05, 4.69) is 16.2 Å². The Hall–Kier alpha value is -2.22. The quantitative estimate of drug-likeness (QED) is 0.685. The minimum Gasteiger partial charge on any atom is -0.352 e. The zero-order chi connectivity index (χ0) is 18.4. The maximum absolute atomic E-state index is 12.8. The van der Waals surface area contributed by atoms with Crippen molar-refractivity contribution in [2.75, 3.05) is 19.6 Å². The molecule has 3 N–H and O–H groups in total. The third-order valence-electron chi connectivity index (χ3n) is 4.41. The molecule has 6 nitrogen and oxygen atoms in total. The van der Waals surface area contributed by atoms with Gasteiger partial charge in [-0.2, -0.15) is 0 Å². The van der Waals surface area contributed by atoms with Crippen molar-refractivity contribution >= 4 is 15.7 Å². The average molecular weight is 373 g/mol. The molecule has 0 saturated carbocycles. The van der Waals surface area contributed by atoms with Gasteiger partial charge in [0.05, 0.1) is 16.2 Å². The summed E-state index contributed by atoms with van der Waals surface area (Å²) in [5.74, 6) is -0.0131. The molecule has 0 unspecified atom stereocenters. The number of carbonyl (C=O) groups is 1. The summed E-state index contributed by atoms with van der Waals surface area (Å²) in [6.07, 6.45) is 0.838. The minimum atomic E-state index is -3.61. The molecule has 1 saturated heterocycles. The van der Waals surface area contributed by atoms with Crippen LogP contribution < -0.4 is 16.2 Å². The first kappa shape index (κ1) is 18.6. The van der Waals surface area contributed by atoms with Crippen LogP contribution in [0.5, 0.6) is 0 Å². The Kier molecular flexibility index (Phi) is 6.03. The Morgan fingerprint density at radius 1 is 1.00 bits per heavy atom. The van der Waals surface area contributed by atoms with Crippen LogP contribution in [0.25, 0.3) is 0 Å². The van der Waals surface area contributed by atoms with Gasteiger partial charge in [-0.25, -0.2) is 8.42 Å². The third kappa shape index (κ3) is 4.69. The van der Waals surface area contributed by atoms with Crippen molar-refractivity contribution in [1.82, 2.24) is 16.2 Å². The molecule has 0 spiro atoms. The van der Waals surface area contributed by atoms with Gasteiger partial charge >= 0.3 is 0 Å². The number of sulfone groups is 1. The van der Waals surface area contributed by atoms with Crippen LogP contribution >= 0.6 is 0 Å². The van der Waals surface area contributed by atoms with E-state index in [0.29, 0.717) is 18.0 Å². The molecule has 0 radical (unpaired) electrons. The van der Waals surface area contributed by atoms with E-state index in [1.165, 1.54) is 6.07 Å². The lowest BCUT2D eigenvalue weighted by Gasteiger charge is -2.12. The first-order valence-electron chi connectivity index (χ1n) is 8.66. The van der Waals surface area contributed by atoms with Crippen LogP contribution in [0.3, 0.4) is 0 Å². The number of amides is 1. The highest BCUT2D eigenvalue weighted by atomic mass is 32.2. The molecule has 1 heterocycles. The molecular weight excluding hydrogens is 350 g/mol. The van der Waals surface area contributed by atoms with E-state index in [-0.39, 0.29) is 22.1 Å². The highest BCUT2D eigenvalue weighted by Crippen LogP contribution is 2.20. The Labute approximate surface area is 153 Å². The highest BCUT2D eigenvalue weighted by Gasteiger charge is 2.23. The summed E-state index contributed by atoms with van der Waals surface area (Å²) in [4.78, 5) is 12.6. The van der Waals surface area contributed by atoms with E-state index in [1.807, 2.05) is 6.07 Å². The average Bonchev–Trinajstić information content (AvgIpc) is 3.15. The fraction of sp³-hybridized carbons (Fsp3) is 0.316. The van der Waals surface area contributed by atoms with Crippen molar-refractivity contribution < 1.29 is 13.2 Å². The Morgan fingerprint density at radius 2 is 1.65 bits per heavy atom. The van der Waals surface area contributed by atoms with E-state index in [0.717, 1.165) is 19.5 Å². The lowest BCUT2D eigenvalue weighted by atomic mass is 10.1. The van der Waals surface area contributed by atoms with Crippen LogP contribution in [-0.2, 0) is 15.6 Å². The number of rotatable bonds is 7. The van der Waals surface area contributed by atoms with Gasteiger partial charge < -0.3 is 5.32 Å². The van der Waals surface area contributed by atoms with Crippen LogP contribution in [0.4, 0.5) is 0 Å². The fourth-order valence-electron chi connectivity index (χ4n) is 2.99. The molecule has 0 bridgehead atoms. The molecule has 1 fully saturated rings. The van der Waals surface area contributed by atoms with Crippen LogP contribution in [0, 0.1) is 5.92 Å². The van der Waals surface area contributed by atoms with E-state index < -0.39 is 9.84 Å². The molecule has 7 heteroatoms. The molecule has 0 aromatic heterocycles. The second kappa shape index (κ2) is 8.44. The molecular formula is C19H23N3O3S. The van der Waals surface area contributed by atoms with Gasteiger partial charge in [-0.15, -0.1) is 0 Å². The topological polar surface area (TPSA) is 87.3 Å². The molecule has 0 aliphatic carbocycles. The zero-order valence-corrected chi connectivity index (χ0v) is 15.3. The maximum Gasteiger partial charge on any atom is 0.252 e. The molecule has 3 rings (SSSR count). The van der Waals surface area contributed by atoms with Crippen molar-refractivity contribution in [3.8, 4) is 0 Å². The van der Waals surface area contributed by atoms with Gasteiger partial charge in [-0.3, -0.25) is 15.6 Å². The van der Waals surface area contributed by atoms with Crippen molar-refractivity contribution in [3.05, 3.63) is 65.7 Å². The molecule has 1 aliphatic rings. The van der Waals surface area contributed by atoms with Crippen LogP contribution in [0.15, 0.2) is 59.5 Å². The largest absolute Gasteiger partial charge is 0.352 e. The number of hydrogen-bond acceptors (Lipinski definition) is 5. The van der Waals surface area contributed by atoms with Gasteiger partial charge in [0, 0.05) is 19.6 Å². The van der Waals surface area contributed by atoms with Crippen molar-refractivity contribution in [2.24, 2.45) is 5.92 Å². The van der Waals surface area contributed by atoms with Gasteiger partial charge in [-0.1, -0.05) is 42.5 Å². The predicted molar refractivity (Wildman–Crippen MR) is 100 cm³/mol. The number of hydrazine groups is 1. The van der Waals surface area contributed by atoms with E-state index in [9.17, 15) is 13.2 Å². The lowest BCUT2D eigenvalue weighted by Crippen LogP contribution is -2.28. The zero-order valence-electron chi connectivity index (χ0n) is 14.4. The highest BCUT2D eigenvalue weighted by molar-refractivity contribution is 7.90. The van der Waals surface area contributed by atoms with Crippen molar-refractivity contribution in [3.63, 3.8) is 0 Å². The predicted octanol–water partition coefficient (Wildman–Crippen LogP) is 1.50. The minimum absolute atomic E-state index is 0.0746. The van der Waals surface area contributed by atoms with E-state index in [4.69, 9.17) is 0 Å². The molecule has 1 aliphatic heterocycles. The Bertz CT molecular complexity index is 847. The van der Waals surface area contributed by atoms with Crippen molar-refractivity contribution in [2.45, 2.75) is 17.1 Å². The Balaban J connectivity index is 1.71. The molecule has 0 atom stereocenters. The van der Waals surface area contributed by atoms with Crippen LogP contribution in [0.2, 0.25) is 0 Å². The van der Waals surface area contributed by atoms with E-state index >= 15 is 0 Å². The second-order valence-electron chi connectivity index (χ2n) is 6.41. The van der Waals surface area contributed by atoms with Crippen LogP contribution in [0.1, 0.15) is 22.3 Å². The van der Waals surface area contributed by atoms with Gasteiger partial charge in [0.15, 0.2) is 9.84 Å². The summed E-state index contributed by atoms with van der Waals surface area (Å²) in [5.41, 5.74) is 7.00. The summed E-state index contributed by atoms with van der Waals surface area (Å²) in [5, 5.41) is 2.84. The number of hydrogen-bond donors (Lipinski definition) is 3. The maximum atomic E-state index is 12.8. The summed E-state index contributed by atoms with van der Waals surface area (Å²) in [6, 6.07) is 15.4. The molecule has 2 aromatic rings. The summed E-state index contributed by atoms with van der Waals surface area (Å²) in [7, 11) is -3.61. The number of carbonyl (C=O) groups excluding carboxylic acids is 1. The Morgan fingerprint density at radius 3 is 2.38 bits per heavy atom. The first-order valence-corrected chi connectivity index (χ1v) is 10.3. The van der Waals surface area contributed by atoms with Gasteiger partial charge in [0.1, 0.15) is 0 Å². The molecule has 1 amide bonds. The molecule has 138 valence electrons. The molecule has 2 aromatic carbocycles. The third-order valence-corrected chi connectivity index (χ3v) is 6.15. The second-order valence-corrected chi connectivity index (χ2v) is 8.37.